The number of carbonyl (C=O) groups is 8. The van der Waals surface area contributed by atoms with E-state index in [0.717, 1.165) is 20.8 Å². The summed E-state index contributed by atoms with van der Waals surface area (Å²) in [4.78, 5) is 103. The van der Waals surface area contributed by atoms with Crippen LogP contribution in [0.5, 0.6) is 0 Å². The minimum atomic E-state index is -2.53. The molecule has 0 aliphatic carbocycles. The van der Waals surface area contributed by atoms with E-state index in [9.17, 15) is 38.4 Å². The van der Waals surface area contributed by atoms with Crippen molar-refractivity contribution in [3.63, 3.8) is 0 Å². The number of hydrogen-bond donors (Lipinski definition) is 0. The Balaban J connectivity index is 3.00. The van der Waals surface area contributed by atoms with Crippen LogP contribution in [0.25, 0.3) is 0 Å². The zero-order chi connectivity index (χ0) is 43.5. The van der Waals surface area contributed by atoms with Crippen LogP contribution in [-0.4, -0.2) is 122 Å². The summed E-state index contributed by atoms with van der Waals surface area (Å²) in [6, 6.07) is 0. The monoisotopic (exact) mass is 818 g/mol. The summed E-state index contributed by atoms with van der Waals surface area (Å²) in [6.07, 6.45) is -13.5. The first-order chi connectivity index (χ1) is 26.4. The highest BCUT2D eigenvalue weighted by Crippen LogP contribution is 2.42. The van der Waals surface area contributed by atoms with E-state index in [1.807, 2.05) is 0 Å². The van der Waals surface area contributed by atoms with E-state index in [0.29, 0.717) is 0 Å². The molecule has 19 nitrogen and oxygen atoms in total. The highest BCUT2D eigenvalue weighted by Gasteiger charge is 2.65. The van der Waals surface area contributed by atoms with Crippen LogP contribution in [0.2, 0.25) is 0 Å². The van der Waals surface area contributed by atoms with Gasteiger partial charge >= 0.3 is 47.8 Å². The summed E-state index contributed by atoms with van der Waals surface area (Å²) in [6.45, 7) is 16.3. The van der Waals surface area contributed by atoms with Gasteiger partial charge in [-0.3, -0.25) is 38.4 Å². The highest BCUT2D eigenvalue weighted by molar-refractivity contribution is 5.75. The van der Waals surface area contributed by atoms with Crippen LogP contribution >= 0.6 is 0 Å². The standard InChI is InChI=1S/C38H58O19/c1-17(2)32(42)51-27-25(14-47-22(11)39)50-37(30(54-35(45)20(7)8)29(27)53-34(44)19(5)6)57-38(16-49-24(13)41)31(55-36(46)21(9)10)28(52-33(43)18(3)4)26(56-38)15-48-23(12)40/h17-21,25-31,37H,14-16H2,1-13H3/t25-,26-,27-,28-,29+,30-,31+,37-,38+/m1/s1. The molecular weight excluding hydrogens is 760 g/mol. The lowest BCUT2D eigenvalue weighted by atomic mass is 9.97. The third-order valence-electron chi connectivity index (χ3n) is 8.34. The van der Waals surface area contributed by atoms with Crippen LogP contribution in [0.15, 0.2) is 0 Å². The molecule has 0 bridgehead atoms. The van der Waals surface area contributed by atoms with E-state index in [2.05, 4.69) is 0 Å². The van der Waals surface area contributed by atoms with E-state index in [1.165, 1.54) is 69.2 Å². The van der Waals surface area contributed by atoms with Crippen molar-refractivity contribution in [1.82, 2.24) is 0 Å². The Kier molecular flexibility index (Phi) is 18.3. The minimum Gasteiger partial charge on any atom is -0.463 e. The zero-order valence-corrected chi connectivity index (χ0v) is 34.9. The van der Waals surface area contributed by atoms with Crippen molar-refractivity contribution < 1.29 is 90.5 Å². The van der Waals surface area contributed by atoms with Gasteiger partial charge in [0.1, 0.15) is 32.0 Å². The first kappa shape index (κ1) is 48.8. The van der Waals surface area contributed by atoms with Crippen LogP contribution in [0.1, 0.15) is 90.0 Å². The SMILES string of the molecule is CC(=O)OC[C@H]1O[C@@](COC(C)=O)(O[C@H]2O[C@H](COC(C)=O)[C@@H](OC(=O)C(C)C)[C@H](OC(=O)C(C)C)[C@H]2OC(=O)C(C)C)[C@@H](OC(=O)C(C)C)[C@@H]1OC(=O)C(C)C. The van der Waals surface area contributed by atoms with E-state index in [-0.39, 0.29) is 0 Å². The van der Waals surface area contributed by atoms with Crippen molar-refractivity contribution in [2.45, 2.75) is 145 Å². The lowest BCUT2D eigenvalue weighted by Gasteiger charge is -2.47. The molecule has 0 saturated carbocycles. The van der Waals surface area contributed by atoms with Crippen LogP contribution in [0, 0.1) is 29.6 Å². The topological polar surface area (TPSA) is 238 Å². The quantitative estimate of drug-likeness (QED) is 0.142. The van der Waals surface area contributed by atoms with E-state index < -0.39 is 152 Å². The van der Waals surface area contributed by atoms with Crippen molar-refractivity contribution in [3.8, 4) is 0 Å². The predicted octanol–water partition coefficient (Wildman–Crippen LogP) is 2.35. The van der Waals surface area contributed by atoms with E-state index in [4.69, 9.17) is 52.1 Å². The predicted molar refractivity (Wildman–Crippen MR) is 191 cm³/mol. The molecule has 0 unspecified atom stereocenters. The molecule has 0 aromatic carbocycles. The van der Waals surface area contributed by atoms with Crippen molar-refractivity contribution in [1.29, 1.82) is 0 Å². The third kappa shape index (κ3) is 13.9. The molecule has 2 aliphatic heterocycles. The number of rotatable bonds is 18. The fraction of sp³-hybridized carbons (Fsp3) is 0.789. The van der Waals surface area contributed by atoms with Crippen LogP contribution in [-0.2, 0) is 90.5 Å². The van der Waals surface area contributed by atoms with Gasteiger partial charge in [-0.05, 0) is 0 Å². The van der Waals surface area contributed by atoms with Gasteiger partial charge in [0, 0.05) is 20.8 Å². The molecular formula is C38H58O19. The summed E-state index contributed by atoms with van der Waals surface area (Å²) in [7, 11) is 0. The van der Waals surface area contributed by atoms with Crippen LogP contribution in [0.4, 0.5) is 0 Å². The molecule has 19 heteroatoms. The van der Waals surface area contributed by atoms with Gasteiger partial charge in [0.15, 0.2) is 30.5 Å². The third-order valence-corrected chi connectivity index (χ3v) is 8.34. The van der Waals surface area contributed by atoms with Crippen molar-refractivity contribution in [2.24, 2.45) is 29.6 Å². The summed E-state index contributed by atoms with van der Waals surface area (Å²) in [5.41, 5.74) is 0. The Bertz CT molecular complexity index is 1450. The Morgan fingerprint density at radius 2 is 0.842 bits per heavy atom. The molecule has 0 N–H and O–H groups in total. The first-order valence-corrected chi connectivity index (χ1v) is 18.8. The molecule has 2 fully saturated rings. The van der Waals surface area contributed by atoms with Gasteiger partial charge in [0.2, 0.25) is 12.1 Å². The highest BCUT2D eigenvalue weighted by atomic mass is 16.8. The maximum Gasteiger partial charge on any atom is 0.308 e. The Morgan fingerprint density at radius 3 is 1.26 bits per heavy atom. The fourth-order valence-electron chi connectivity index (χ4n) is 5.15. The smallest absolute Gasteiger partial charge is 0.308 e. The number of hydrogen-bond acceptors (Lipinski definition) is 19. The van der Waals surface area contributed by atoms with Crippen LogP contribution < -0.4 is 0 Å². The van der Waals surface area contributed by atoms with E-state index >= 15 is 0 Å². The lowest BCUT2D eigenvalue weighted by molar-refractivity contribution is -0.385. The molecule has 0 radical (unpaired) electrons. The van der Waals surface area contributed by atoms with Gasteiger partial charge in [-0.2, -0.15) is 0 Å². The maximum absolute atomic E-state index is 13.4. The molecule has 2 aliphatic rings. The second-order valence-corrected chi connectivity index (χ2v) is 15.3. The Hall–Kier alpha value is -4.36. The van der Waals surface area contributed by atoms with Crippen molar-refractivity contribution >= 4 is 47.8 Å². The lowest BCUT2D eigenvalue weighted by Crippen LogP contribution is -2.66. The van der Waals surface area contributed by atoms with Gasteiger partial charge in [0.05, 0.1) is 29.6 Å². The average molecular weight is 819 g/mol. The van der Waals surface area contributed by atoms with Crippen molar-refractivity contribution in [2.75, 3.05) is 19.8 Å². The van der Waals surface area contributed by atoms with Gasteiger partial charge < -0.3 is 52.1 Å². The molecule has 2 saturated heterocycles. The molecule has 2 heterocycles. The van der Waals surface area contributed by atoms with Gasteiger partial charge in [-0.25, -0.2) is 0 Å². The Labute approximate surface area is 332 Å². The summed E-state index contributed by atoms with van der Waals surface area (Å²) in [5.74, 6) is -12.9. The average Bonchev–Trinajstić information content (AvgIpc) is 3.38. The van der Waals surface area contributed by atoms with Crippen molar-refractivity contribution in [3.05, 3.63) is 0 Å². The number of esters is 8. The molecule has 0 aromatic heterocycles. The van der Waals surface area contributed by atoms with Gasteiger partial charge in [-0.1, -0.05) is 69.2 Å². The molecule has 324 valence electrons. The first-order valence-electron chi connectivity index (χ1n) is 18.8. The summed E-state index contributed by atoms with van der Waals surface area (Å²) >= 11 is 0. The molecule has 2 rings (SSSR count). The zero-order valence-electron chi connectivity index (χ0n) is 34.9. The normalized spacial score (nSPS) is 27.2. The molecule has 0 amide bonds. The van der Waals surface area contributed by atoms with Gasteiger partial charge in [-0.15, -0.1) is 0 Å². The summed E-state index contributed by atoms with van der Waals surface area (Å²) < 4.78 is 64.2. The second kappa shape index (κ2) is 21.4. The van der Waals surface area contributed by atoms with Gasteiger partial charge in [0.25, 0.3) is 0 Å². The van der Waals surface area contributed by atoms with Crippen LogP contribution in [0.3, 0.4) is 0 Å². The number of ether oxygens (including phenoxy) is 11. The second-order valence-electron chi connectivity index (χ2n) is 15.3. The fourth-order valence-corrected chi connectivity index (χ4v) is 5.15. The largest absolute Gasteiger partial charge is 0.463 e. The van der Waals surface area contributed by atoms with E-state index in [1.54, 1.807) is 0 Å². The Morgan fingerprint density at radius 1 is 0.474 bits per heavy atom. The molecule has 0 spiro atoms. The molecule has 0 aromatic rings. The maximum atomic E-state index is 13.4. The molecule has 57 heavy (non-hydrogen) atoms. The molecule has 9 atom stereocenters. The summed E-state index contributed by atoms with van der Waals surface area (Å²) in [5, 5.41) is 0. The minimum absolute atomic E-state index is 0.597. The number of carbonyl (C=O) groups excluding carboxylic acids is 8.